The second-order valence-electron chi connectivity index (χ2n) is 4.83. The van der Waals surface area contributed by atoms with E-state index in [4.69, 9.17) is 22.0 Å². The van der Waals surface area contributed by atoms with Crippen LogP contribution in [-0.2, 0) is 9.59 Å². The monoisotopic (exact) mass is 321 g/mol. The molecule has 1 amide bonds. The number of carbonyl (C=O) groups is 2. The molecule has 0 bridgehead atoms. The Labute approximate surface area is 133 Å². The number of anilines is 1. The molecule has 0 fully saturated rings. The summed E-state index contributed by atoms with van der Waals surface area (Å²) >= 11 is 5.92. The van der Waals surface area contributed by atoms with Crippen molar-refractivity contribution in [3.63, 3.8) is 0 Å². The molecule has 0 saturated heterocycles. The van der Waals surface area contributed by atoms with Crippen LogP contribution in [0.15, 0.2) is 36.0 Å². The minimum atomic E-state index is -1.06. The summed E-state index contributed by atoms with van der Waals surface area (Å²) in [5.74, 6) is -1.94. The molecule has 0 radical (unpaired) electrons. The van der Waals surface area contributed by atoms with E-state index in [0.29, 0.717) is 10.7 Å². The molecule has 1 aromatic carbocycles. The zero-order chi connectivity index (χ0) is 16.7. The molecule has 0 aliphatic heterocycles. The molecule has 1 aromatic rings. The maximum Gasteiger partial charge on any atom is 0.326 e. The van der Waals surface area contributed by atoms with E-state index in [1.165, 1.54) is 0 Å². The molecular weight excluding hydrogens is 306 g/mol. The average molecular weight is 322 g/mol. The molecule has 0 spiro atoms. The third-order valence-electron chi connectivity index (χ3n) is 2.83. The Morgan fingerprint density at radius 3 is 2.50 bits per heavy atom. The summed E-state index contributed by atoms with van der Waals surface area (Å²) in [6, 6.07) is 7.43. The highest BCUT2D eigenvalue weighted by atomic mass is 35.5. The van der Waals surface area contributed by atoms with Gasteiger partial charge in [0.05, 0.1) is 10.7 Å². The number of nitrogens with one attached hydrogen (secondary N) is 2. The number of nitrogens with zero attached hydrogens (tertiary/aromatic N) is 1. The third-order valence-corrected chi connectivity index (χ3v) is 3.16. The lowest BCUT2D eigenvalue weighted by Gasteiger charge is -2.16. The maximum atomic E-state index is 12.0. The molecule has 0 saturated carbocycles. The molecule has 0 aliphatic carbocycles. The molecular formula is C15H16ClN3O3. The van der Waals surface area contributed by atoms with Crippen molar-refractivity contribution < 1.29 is 14.7 Å². The number of hydrogen-bond acceptors (Lipinski definition) is 4. The Bertz CT molecular complexity index is 635. The Balaban J connectivity index is 2.85. The third kappa shape index (κ3) is 4.79. The van der Waals surface area contributed by atoms with Crippen LogP contribution in [0.2, 0.25) is 5.02 Å². The quantitative estimate of drug-likeness (QED) is 0.551. The van der Waals surface area contributed by atoms with E-state index in [1.54, 1.807) is 44.2 Å². The van der Waals surface area contributed by atoms with Crippen molar-refractivity contribution in [1.29, 1.82) is 5.26 Å². The van der Waals surface area contributed by atoms with E-state index in [9.17, 15) is 9.59 Å². The van der Waals surface area contributed by atoms with Gasteiger partial charge in [-0.1, -0.05) is 37.6 Å². The number of carbonyl (C=O) groups excluding carboxylic acids is 1. The highest BCUT2D eigenvalue weighted by molar-refractivity contribution is 6.33. The van der Waals surface area contributed by atoms with Crippen LogP contribution < -0.4 is 10.6 Å². The van der Waals surface area contributed by atoms with Gasteiger partial charge < -0.3 is 15.7 Å². The second kappa shape index (κ2) is 8.05. The fourth-order valence-electron chi connectivity index (χ4n) is 1.62. The Hall–Kier alpha value is -2.52. The van der Waals surface area contributed by atoms with Crippen LogP contribution in [0.4, 0.5) is 5.69 Å². The fraction of sp³-hybridized carbons (Fsp3) is 0.267. The van der Waals surface area contributed by atoms with Gasteiger partial charge in [-0.3, -0.25) is 4.79 Å². The van der Waals surface area contributed by atoms with Crippen molar-refractivity contribution in [3.8, 4) is 6.07 Å². The zero-order valence-corrected chi connectivity index (χ0v) is 12.9. The molecule has 1 atom stereocenters. The lowest BCUT2D eigenvalue weighted by Crippen LogP contribution is -2.38. The summed E-state index contributed by atoms with van der Waals surface area (Å²) in [5.41, 5.74) is 0.126. The van der Waals surface area contributed by atoms with Crippen LogP contribution in [0.1, 0.15) is 13.8 Å². The highest BCUT2D eigenvalue weighted by Crippen LogP contribution is 2.20. The Morgan fingerprint density at radius 2 is 2.00 bits per heavy atom. The number of nitriles is 1. The highest BCUT2D eigenvalue weighted by Gasteiger charge is 2.20. The predicted molar refractivity (Wildman–Crippen MR) is 83.2 cm³/mol. The van der Waals surface area contributed by atoms with Gasteiger partial charge in [0.1, 0.15) is 17.7 Å². The number of halogens is 1. The van der Waals surface area contributed by atoms with Crippen molar-refractivity contribution in [1.82, 2.24) is 5.32 Å². The van der Waals surface area contributed by atoms with E-state index in [1.807, 2.05) is 0 Å². The van der Waals surface area contributed by atoms with E-state index in [0.717, 1.165) is 6.20 Å². The molecule has 0 heterocycles. The van der Waals surface area contributed by atoms with E-state index < -0.39 is 17.9 Å². The molecule has 1 unspecified atom stereocenters. The molecule has 116 valence electrons. The number of benzene rings is 1. The van der Waals surface area contributed by atoms with Gasteiger partial charge in [0, 0.05) is 6.20 Å². The van der Waals surface area contributed by atoms with Gasteiger partial charge in [0.25, 0.3) is 5.91 Å². The summed E-state index contributed by atoms with van der Waals surface area (Å²) in [6.45, 7) is 3.44. The van der Waals surface area contributed by atoms with Crippen LogP contribution in [0.3, 0.4) is 0 Å². The van der Waals surface area contributed by atoms with Crippen LogP contribution >= 0.6 is 11.6 Å². The molecule has 0 aromatic heterocycles. The van der Waals surface area contributed by atoms with Crippen LogP contribution in [-0.4, -0.2) is 23.0 Å². The Morgan fingerprint density at radius 1 is 1.36 bits per heavy atom. The van der Waals surface area contributed by atoms with E-state index in [2.05, 4.69) is 10.6 Å². The smallest absolute Gasteiger partial charge is 0.326 e. The summed E-state index contributed by atoms with van der Waals surface area (Å²) in [7, 11) is 0. The first-order chi connectivity index (χ1) is 10.4. The van der Waals surface area contributed by atoms with Crippen molar-refractivity contribution in [2.75, 3.05) is 5.32 Å². The SMILES string of the molecule is CC(C)C(N/C=C(/C#N)C(=O)Nc1ccccc1Cl)C(=O)O. The number of hydrogen-bond donors (Lipinski definition) is 3. The van der Waals surface area contributed by atoms with Gasteiger partial charge in [-0.05, 0) is 18.1 Å². The van der Waals surface area contributed by atoms with E-state index >= 15 is 0 Å². The number of carboxylic acid groups (broad SMARTS) is 1. The number of amides is 1. The van der Waals surface area contributed by atoms with Crippen LogP contribution in [0.5, 0.6) is 0 Å². The predicted octanol–water partition coefficient (Wildman–Crippen LogP) is 2.38. The molecule has 0 aliphatic rings. The summed E-state index contributed by atoms with van der Waals surface area (Å²) in [4.78, 5) is 23.1. The van der Waals surface area contributed by atoms with Gasteiger partial charge in [0.15, 0.2) is 0 Å². The first-order valence-corrected chi connectivity index (χ1v) is 6.89. The molecule has 3 N–H and O–H groups in total. The first kappa shape index (κ1) is 17.5. The normalized spacial score (nSPS) is 12.4. The second-order valence-corrected chi connectivity index (χ2v) is 5.24. The molecule has 1 rings (SSSR count). The summed E-state index contributed by atoms with van der Waals surface area (Å²) in [6.07, 6.45) is 1.10. The van der Waals surface area contributed by atoms with Crippen LogP contribution in [0, 0.1) is 17.2 Å². The van der Waals surface area contributed by atoms with Gasteiger partial charge >= 0.3 is 5.97 Å². The van der Waals surface area contributed by atoms with Crippen LogP contribution in [0.25, 0.3) is 0 Å². The summed E-state index contributed by atoms with van der Waals surface area (Å²) in [5, 5.41) is 23.5. The van der Waals surface area contributed by atoms with Gasteiger partial charge in [0.2, 0.25) is 0 Å². The maximum absolute atomic E-state index is 12.0. The van der Waals surface area contributed by atoms with Gasteiger partial charge in [-0.15, -0.1) is 0 Å². The molecule has 22 heavy (non-hydrogen) atoms. The average Bonchev–Trinajstić information content (AvgIpc) is 2.45. The lowest BCUT2D eigenvalue weighted by atomic mass is 10.1. The van der Waals surface area contributed by atoms with E-state index in [-0.39, 0.29) is 11.5 Å². The largest absolute Gasteiger partial charge is 0.480 e. The minimum Gasteiger partial charge on any atom is -0.480 e. The minimum absolute atomic E-state index is 0.208. The zero-order valence-electron chi connectivity index (χ0n) is 12.1. The summed E-state index contributed by atoms with van der Waals surface area (Å²) < 4.78 is 0. The lowest BCUT2D eigenvalue weighted by molar-refractivity contribution is -0.140. The number of aliphatic carboxylic acids is 1. The Kier molecular flexibility index (Phi) is 6.42. The van der Waals surface area contributed by atoms with Gasteiger partial charge in [-0.25, -0.2) is 4.79 Å². The van der Waals surface area contributed by atoms with Crippen molar-refractivity contribution in [3.05, 3.63) is 41.1 Å². The fourth-order valence-corrected chi connectivity index (χ4v) is 1.81. The number of carboxylic acids is 1. The molecule has 7 heteroatoms. The molecule has 6 nitrogen and oxygen atoms in total. The van der Waals surface area contributed by atoms with Crippen molar-refractivity contribution >= 4 is 29.2 Å². The number of rotatable bonds is 6. The first-order valence-electron chi connectivity index (χ1n) is 6.51. The van der Waals surface area contributed by atoms with Crippen molar-refractivity contribution in [2.24, 2.45) is 5.92 Å². The van der Waals surface area contributed by atoms with Crippen molar-refractivity contribution in [2.45, 2.75) is 19.9 Å². The topological polar surface area (TPSA) is 102 Å². The standard InChI is InChI=1S/C15H16ClN3O3/c1-9(2)13(15(21)22)18-8-10(7-17)14(20)19-12-6-4-3-5-11(12)16/h3-6,8-9,13,18H,1-2H3,(H,19,20)(H,21,22)/b10-8-. The number of para-hydroxylation sites is 1. The van der Waals surface area contributed by atoms with Gasteiger partial charge in [-0.2, -0.15) is 5.26 Å².